The molecule has 17 heavy (non-hydrogen) atoms. The molecular formula is C12H18N2O3. The minimum absolute atomic E-state index is 0.255. The molecule has 0 amide bonds. The maximum Gasteiger partial charge on any atom is 0.354 e. The summed E-state index contributed by atoms with van der Waals surface area (Å²) >= 11 is 0. The Morgan fingerprint density at radius 2 is 2.47 bits per heavy atom. The van der Waals surface area contributed by atoms with Gasteiger partial charge in [0.05, 0.1) is 13.2 Å². The predicted molar refractivity (Wildman–Crippen MR) is 62.8 cm³/mol. The molecule has 2 N–H and O–H groups in total. The third-order valence-electron chi connectivity index (χ3n) is 3.08. The van der Waals surface area contributed by atoms with Crippen molar-refractivity contribution in [2.45, 2.75) is 32.0 Å². The third-order valence-corrected chi connectivity index (χ3v) is 3.08. The van der Waals surface area contributed by atoms with Gasteiger partial charge >= 0.3 is 5.97 Å². The summed E-state index contributed by atoms with van der Waals surface area (Å²) in [6, 6.07) is 4.01. The van der Waals surface area contributed by atoms with Crippen LogP contribution < -0.4 is 5.32 Å². The molecule has 94 valence electrons. The zero-order valence-corrected chi connectivity index (χ0v) is 10.2. The molecule has 1 aliphatic heterocycles. The minimum atomic E-state index is -0.339. The SMILES string of the molecule is COC(=O)c1ccc(CNC2CCOC2C)[nH]1. The first kappa shape index (κ1) is 12.1. The van der Waals surface area contributed by atoms with Gasteiger partial charge in [-0.2, -0.15) is 0 Å². The van der Waals surface area contributed by atoms with Crippen LogP contribution in [-0.2, 0) is 16.0 Å². The molecule has 1 fully saturated rings. The first-order valence-corrected chi connectivity index (χ1v) is 5.82. The molecule has 1 aromatic heterocycles. The van der Waals surface area contributed by atoms with Gasteiger partial charge in [-0.1, -0.05) is 0 Å². The molecule has 1 aliphatic rings. The van der Waals surface area contributed by atoms with Crippen LogP contribution in [-0.4, -0.2) is 36.8 Å². The highest BCUT2D eigenvalue weighted by atomic mass is 16.5. The molecule has 5 heteroatoms. The average Bonchev–Trinajstić information content (AvgIpc) is 2.94. The monoisotopic (exact) mass is 238 g/mol. The first-order valence-electron chi connectivity index (χ1n) is 5.82. The zero-order valence-electron chi connectivity index (χ0n) is 10.2. The summed E-state index contributed by atoms with van der Waals surface area (Å²) in [6.45, 7) is 3.59. The number of aromatic amines is 1. The summed E-state index contributed by atoms with van der Waals surface area (Å²) in [6.07, 6.45) is 1.29. The smallest absolute Gasteiger partial charge is 0.354 e. The second-order valence-corrected chi connectivity index (χ2v) is 4.24. The zero-order chi connectivity index (χ0) is 12.3. The van der Waals surface area contributed by atoms with E-state index in [-0.39, 0.29) is 12.1 Å². The molecule has 0 bridgehead atoms. The van der Waals surface area contributed by atoms with Gasteiger partial charge in [-0.05, 0) is 25.5 Å². The molecular weight excluding hydrogens is 220 g/mol. The number of carbonyl (C=O) groups excluding carboxylic acids is 1. The second kappa shape index (κ2) is 5.33. The van der Waals surface area contributed by atoms with Crippen molar-refractivity contribution in [1.29, 1.82) is 0 Å². The molecule has 0 saturated carbocycles. The van der Waals surface area contributed by atoms with Crippen molar-refractivity contribution in [2.75, 3.05) is 13.7 Å². The van der Waals surface area contributed by atoms with Gasteiger partial charge in [-0.25, -0.2) is 4.79 Å². The molecule has 0 aromatic carbocycles. The highest BCUT2D eigenvalue weighted by Gasteiger charge is 2.23. The highest BCUT2D eigenvalue weighted by molar-refractivity contribution is 5.87. The summed E-state index contributed by atoms with van der Waals surface area (Å²) < 4.78 is 10.1. The van der Waals surface area contributed by atoms with E-state index in [0.717, 1.165) is 18.7 Å². The molecule has 2 unspecified atom stereocenters. The van der Waals surface area contributed by atoms with Gasteiger partial charge in [-0.15, -0.1) is 0 Å². The Bertz CT molecular complexity index is 389. The number of aromatic nitrogens is 1. The van der Waals surface area contributed by atoms with E-state index < -0.39 is 0 Å². The molecule has 1 aromatic rings. The number of rotatable bonds is 4. The molecule has 0 spiro atoms. The topological polar surface area (TPSA) is 63.4 Å². The van der Waals surface area contributed by atoms with Gasteiger partial charge in [-0.3, -0.25) is 0 Å². The van der Waals surface area contributed by atoms with Crippen LogP contribution in [0.1, 0.15) is 29.5 Å². The van der Waals surface area contributed by atoms with Crippen LogP contribution in [0.25, 0.3) is 0 Å². The van der Waals surface area contributed by atoms with Gasteiger partial charge in [0.1, 0.15) is 5.69 Å². The Labute approximate surface area is 100 Å². The Morgan fingerprint density at radius 3 is 3.12 bits per heavy atom. The lowest BCUT2D eigenvalue weighted by molar-refractivity contribution is 0.0594. The lowest BCUT2D eigenvalue weighted by Gasteiger charge is -2.15. The number of hydrogen-bond acceptors (Lipinski definition) is 4. The standard InChI is InChI=1S/C12H18N2O3/c1-8-10(5-6-17-8)13-7-9-3-4-11(14-9)12(15)16-2/h3-4,8,10,13-14H,5-7H2,1-2H3. The molecule has 2 rings (SSSR count). The van der Waals surface area contributed by atoms with E-state index in [2.05, 4.69) is 22.0 Å². The quantitative estimate of drug-likeness (QED) is 0.770. The molecule has 0 aliphatic carbocycles. The molecule has 0 radical (unpaired) electrons. The van der Waals surface area contributed by atoms with E-state index in [1.807, 2.05) is 6.07 Å². The lowest BCUT2D eigenvalue weighted by Crippen LogP contribution is -2.34. The maximum absolute atomic E-state index is 11.2. The van der Waals surface area contributed by atoms with Crippen molar-refractivity contribution in [3.8, 4) is 0 Å². The summed E-state index contributed by atoms with van der Waals surface area (Å²) in [7, 11) is 1.37. The van der Waals surface area contributed by atoms with Crippen LogP contribution >= 0.6 is 0 Å². The van der Waals surface area contributed by atoms with Crippen molar-refractivity contribution in [3.63, 3.8) is 0 Å². The summed E-state index contributed by atoms with van der Waals surface area (Å²) in [5.41, 5.74) is 1.46. The van der Waals surface area contributed by atoms with E-state index in [4.69, 9.17) is 4.74 Å². The Hall–Kier alpha value is -1.33. The predicted octanol–water partition coefficient (Wildman–Crippen LogP) is 1.07. The number of H-pyrrole nitrogens is 1. The minimum Gasteiger partial charge on any atom is -0.464 e. The molecule has 5 nitrogen and oxygen atoms in total. The Kier molecular flexibility index (Phi) is 3.81. The van der Waals surface area contributed by atoms with Crippen molar-refractivity contribution >= 4 is 5.97 Å². The van der Waals surface area contributed by atoms with Crippen molar-refractivity contribution in [2.24, 2.45) is 0 Å². The first-order chi connectivity index (χ1) is 8.20. The fourth-order valence-electron chi connectivity index (χ4n) is 2.01. The maximum atomic E-state index is 11.2. The second-order valence-electron chi connectivity index (χ2n) is 4.24. The number of methoxy groups -OCH3 is 1. The fraction of sp³-hybridized carbons (Fsp3) is 0.583. The molecule has 2 atom stereocenters. The third kappa shape index (κ3) is 2.87. The highest BCUT2D eigenvalue weighted by Crippen LogP contribution is 2.13. The van der Waals surface area contributed by atoms with Crippen LogP contribution in [0.15, 0.2) is 12.1 Å². The molecule has 1 saturated heterocycles. The average molecular weight is 238 g/mol. The van der Waals surface area contributed by atoms with Crippen LogP contribution in [0.3, 0.4) is 0 Å². The number of ether oxygens (including phenoxy) is 2. The Balaban J connectivity index is 1.86. The van der Waals surface area contributed by atoms with Gasteiger partial charge in [0.25, 0.3) is 0 Å². The van der Waals surface area contributed by atoms with E-state index in [1.165, 1.54) is 7.11 Å². The van der Waals surface area contributed by atoms with Gasteiger partial charge in [0, 0.05) is 24.9 Å². The number of esters is 1. The number of carbonyl (C=O) groups is 1. The van der Waals surface area contributed by atoms with Crippen LogP contribution in [0, 0.1) is 0 Å². The van der Waals surface area contributed by atoms with Crippen molar-refractivity contribution < 1.29 is 14.3 Å². The Morgan fingerprint density at radius 1 is 1.65 bits per heavy atom. The summed E-state index contributed by atoms with van der Waals surface area (Å²) in [5.74, 6) is -0.339. The largest absolute Gasteiger partial charge is 0.464 e. The molecule has 2 heterocycles. The fourth-order valence-corrected chi connectivity index (χ4v) is 2.01. The van der Waals surface area contributed by atoms with E-state index in [9.17, 15) is 4.79 Å². The van der Waals surface area contributed by atoms with Crippen LogP contribution in [0.4, 0.5) is 0 Å². The normalized spacial score (nSPS) is 23.9. The van der Waals surface area contributed by atoms with Crippen LogP contribution in [0.2, 0.25) is 0 Å². The van der Waals surface area contributed by atoms with E-state index in [0.29, 0.717) is 18.3 Å². The van der Waals surface area contributed by atoms with Crippen LogP contribution in [0.5, 0.6) is 0 Å². The van der Waals surface area contributed by atoms with Crippen molar-refractivity contribution in [1.82, 2.24) is 10.3 Å². The van der Waals surface area contributed by atoms with Gasteiger partial charge in [0.2, 0.25) is 0 Å². The number of hydrogen-bond donors (Lipinski definition) is 2. The summed E-state index contributed by atoms with van der Waals surface area (Å²) in [5, 5.41) is 3.41. The summed E-state index contributed by atoms with van der Waals surface area (Å²) in [4.78, 5) is 14.3. The van der Waals surface area contributed by atoms with Gasteiger partial charge in [0.15, 0.2) is 0 Å². The number of nitrogens with one attached hydrogen (secondary N) is 2. The van der Waals surface area contributed by atoms with E-state index >= 15 is 0 Å². The van der Waals surface area contributed by atoms with E-state index in [1.54, 1.807) is 6.07 Å². The van der Waals surface area contributed by atoms with Crippen molar-refractivity contribution in [3.05, 3.63) is 23.5 Å². The van der Waals surface area contributed by atoms with Gasteiger partial charge < -0.3 is 19.8 Å². The lowest BCUT2D eigenvalue weighted by atomic mass is 10.1.